The van der Waals surface area contributed by atoms with Gasteiger partial charge in [0.25, 0.3) is 5.79 Å². The van der Waals surface area contributed by atoms with Gasteiger partial charge in [-0.05, 0) is 0 Å². The third-order valence-corrected chi connectivity index (χ3v) is 5.85. The Bertz CT molecular complexity index is 786. The van der Waals surface area contributed by atoms with Crippen LogP contribution in [0.5, 0.6) is 0 Å². The Morgan fingerprint density at radius 3 is 2.22 bits per heavy atom. The van der Waals surface area contributed by atoms with Gasteiger partial charge >= 0.3 is 5.97 Å². The number of amides is 2. The normalized spacial score (nSPS) is 38.6. The maximum atomic E-state index is 12.0. The summed E-state index contributed by atoms with van der Waals surface area (Å²) in [6.07, 6.45) is -15.2. The van der Waals surface area contributed by atoms with Crippen molar-refractivity contribution in [2.45, 2.75) is 80.2 Å². The number of carboxylic acids is 1. The van der Waals surface area contributed by atoms with Crippen molar-refractivity contribution in [3.63, 3.8) is 0 Å². The highest BCUT2D eigenvalue weighted by molar-refractivity contribution is 5.78. The molecule has 2 amide bonds. The molecule has 0 bridgehead atoms. The molecular formula is C19H32N2O15. The Morgan fingerprint density at radius 2 is 1.72 bits per heavy atom. The average molecular weight is 528 g/mol. The molecule has 0 aromatic carbocycles. The fraction of sp³-hybridized carbons (Fsp3) is 0.842. The van der Waals surface area contributed by atoms with Crippen LogP contribution in [0.1, 0.15) is 13.3 Å². The highest BCUT2D eigenvalue weighted by Gasteiger charge is 2.56. The van der Waals surface area contributed by atoms with Gasteiger partial charge in [-0.15, -0.1) is 0 Å². The highest BCUT2D eigenvalue weighted by atomic mass is 16.7. The van der Waals surface area contributed by atoms with Crippen molar-refractivity contribution >= 4 is 17.8 Å². The molecule has 0 unspecified atom stereocenters. The summed E-state index contributed by atoms with van der Waals surface area (Å²) in [6.45, 7) is -1.85. The lowest BCUT2D eigenvalue weighted by molar-refractivity contribution is -0.330. The summed E-state index contributed by atoms with van der Waals surface area (Å²) >= 11 is 0. The number of carboxylic acid groups (broad SMARTS) is 1. The van der Waals surface area contributed by atoms with Crippen molar-refractivity contribution in [2.75, 3.05) is 19.8 Å². The lowest BCUT2D eigenvalue weighted by Crippen LogP contribution is -2.70. The number of rotatable bonds is 10. The fourth-order valence-electron chi connectivity index (χ4n) is 4.00. The van der Waals surface area contributed by atoms with Gasteiger partial charge in [0, 0.05) is 13.3 Å². The SMILES string of the molecule is CC(=O)N[C@H]1[C@H](O[C@H]2C[C@](O)(C(=O)O)O[C@@H]([C@H](O)[C@H](O)CO)[C@@H]2NC(=O)CO)O[C@H](CO)[C@H](O)[C@@H]1O. The molecule has 0 aromatic heterocycles. The van der Waals surface area contributed by atoms with Gasteiger partial charge in [0.05, 0.1) is 25.4 Å². The quantitative estimate of drug-likeness (QED) is 0.126. The van der Waals surface area contributed by atoms with Crippen LogP contribution in [0.2, 0.25) is 0 Å². The van der Waals surface area contributed by atoms with Crippen LogP contribution in [0.25, 0.3) is 0 Å². The minimum absolute atomic E-state index is 0.704. The fourth-order valence-corrected chi connectivity index (χ4v) is 4.00. The van der Waals surface area contributed by atoms with Gasteiger partial charge in [-0.2, -0.15) is 0 Å². The van der Waals surface area contributed by atoms with Crippen LogP contribution in [-0.4, -0.2) is 150 Å². The van der Waals surface area contributed by atoms with Gasteiger partial charge in [-0.3, -0.25) is 9.59 Å². The van der Waals surface area contributed by atoms with Crippen LogP contribution in [0.4, 0.5) is 0 Å². The molecule has 36 heavy (non-hydrogen) atoms. The van der Waals surface area contributed by atoms with E-state index in [-0.39, 0.29) is 0 Å². The first-order valence-corrected chi connectivity index (χ1v) is 10.8. The first-order chi connectivity index (χ1) is 16.8. The predicted molar refractivity (Wildman–Crippen MR) is 110 cm³/mol. The minimum Gasteiger partial charge on any atom is -0.477 e. The van der Waals surface area contributed by atoms with Crippen LogP contribution in [0.15, 0.2) is 0 Å². The highest BCUT2D eigenvalue weighted by Crippen LogP contribution is 2.34. The van der Waals surface area contributed by atoms with E-state index in [0.717, 1.165) is 6.92 Å². The van der Waals surface area contributed by atoms with Crippen LogP contribution in [-0.2, 0) is 28.6 Å². The number of hydrogen-bond donors (Lipinski definition) is 11. The molecule has 2 aliphatic heterocycles. The van der Waals surface area contributed by atoms with Crippen molar-refractivity contribution in [1.82, 2.24) is 10.6 Å². The first kappa shape index (κ1) is 30.2. The summed E-state index contributed by atoms with van der Waals surface area (Å²) < 4.78 is 16.2. The molecule has 0 saturated carbocycles. The van der Waals surface area contributed by atoms with Gasteiger partial charge in [0.2, 0.25) is 11.8 Å². The van der Waals surface area contributed by atoms with Gasteiger partial charge < -0.3 is 70.8 Å². The van der Waals surface area contributed by atoms with Gasteiger partial charge in [0.1, 0.15) is 49.3 Å². The molecule has 0 aromatic rings. The number of carbonyl (C=O) groups excluding carboxylic acids is 2. The van der Waals surface area contributed by atoms with Crippen LogP contribution < -0.4 is 10.6 Å². The molecule has 0 aliphatic carbocycles. The van der Waals surface area contributed by atoms with Gasteiger partial charge in [-0.1, -0.05) is 0 Å². The van der Waals surface area contributed by atoms with Crippen molar-refractivity contribution in [3.05, 3.63) is 0 Å². The topological polar surface area (TPSA) is 285 Å². The zero-order valence-electron chi connectivity index (χ0n) is 19.1. The third kappa shape index (κ3) is 6.64. The second kappa shape index (κ2) is 12.5. The summed E-state index contributed by atoms with van der Waals surface area (Å²) in [6, 6.07) is -3.11. The Kier molecular flexibility index (Phi) is 10.5. The summed E-state index contributed by atoms with van der Waals surface area (Å²) in [5.41, 5.74) is 0. The molecule has 2 fully saturated rings. The number of hydrogen-bond acceptors (Lipinski definition) is 14. The molecule has 2 heterocycles. The zero-order valence-corrected chi connectivity index (χ0v) is 19.1. The summed E-state index contributed by atoms with van der Waals surface area (Å²) in [7, 11) is 0. The number of carbonyl (C=O) groups is 3. The standard InChI is InChI=1S/C19H32N2O15/c1-6(25)20-12-15(30)14(29)9(4-23)35-17(12)34-8-2-19(33,18(31)32)36-16(13(28)7(26)3-22)11(8)21-10(27)5-24/h7-9,11-17,22-24,26,28-30,33H,2-5H2,1H3,(H,20,25)(H,21,27)(H,31,32)/t7-,8+,9-,11-,12-,13-,14+,15-,16-,17-,19-/m1/s1. The summed E-state index contributed by atoms with van der Waals surface area (Å²) in [4.78, 5) is 35.4. The zero-order chi connectivity index (χ0) is 27.4. The van der Waals surface area contributed by atoms with E-state index in [9.17, 15) is 55.2 Å². The largest absolute Gasteiger partial charge is 0.477 e. The maximum absolute atomic E-state index is 12.0. The molecule has 0 radical (unpaired) electrons. The monoisotopic (exact) mass is 528 g/mol. The Morgan fingerprint density at radius 1 is 1.08 bits per heavy atom. The number of ether oxygens (including phenoxy) is 3. The molecule has 17 heteroatoms. The van der Waals surface area contributed by atoms with E-state index in [4.69, 9.17) is 19.3 Å². The van der Waals surface area contributed by atoms with Crippen molar-refractivity contribution in [2.24, 2.45) is 0 Å². The number of aliphatic hydroxyl groups excluding tert-OH is 7. The van der Waals surface area contributed by atoms with Crippen molar-refractivity contribution < 1.29 is 74.6 Å². The molecule has 17 nitrogen and oxygen atoms in total. The van der Waals surface area contributed by atoms with Gasteiger partial charge in [-0.25, -0.2) is 4.79 Å². The maximum Gasteiger partial charge on any atom is 0.364 e. The first-order valence-electron chi connectivity index (χ1n) is 10.8. The van der Waals surface area contributed by atoms with E-state index in [1.807, 2.05) is 0 Å². The molecule has 208 valence electrons. The van der Waals surface area contributed by atoms with E-state index >= 15 is 0 Å². The Hall–Kier alpha value is -2.03. The van der Waals surface area contributed by atoms with E-state index in [0.29, 0.717) is 0 Å². The second-order valence-electron chi connectivity index (χ2n) is 8.48. The number of aliphatic hydroxyl groups is 8. The van der Waals surface area contributed by atoms with E-state index < -0.39 is 111 Å². The van der Waals surface area contributed by atoms with E-state index in [1.54, 1.807) is 0 Å². The van der Waals surface area contributed by atoms with Crippen LogP contribution in [0.3, 0.4) is 0 Å². The molecular weight excluding hydrogens is 496 g/mol. The van der Waals surface area contributed by atoms with Crippen LogP contribution in [0, 0.1) is 0 Å². The van der Waals surface area contributed by atoms with Crippen LogP contribution >= 0.6 is 0 Å². The molecule has 0 spiro atoms. The van der Waals surface area contributed by atoms with Gasteiger partial charge in [0.15, 0.2) is 6.29 Å². The molecule has 2 aliphatic rings. The Labute approximate surface area is 203 Å². The van der Waals surface area contributed by atoms with Crippen molar-refractivity contribution in [3.8, 4) is 0 Å². The smallest absolute Gasteiger partial charge is 0.364 e. The minimum atomic E-state index is -3.07. The van der Waals surface area contributed by atoms with Crippen molar-refractivity contribution in [1.29, 1.82) is 0 Å². The third-order valence-electron chi connectivity index (χ3n) is 5.85. The van der Waals surface area contributed by atoms with E-state index in [1.165, 1.54) is 0 Å². The summed E-state index contributed by atoms with van der Waals surface area (Å²) in [5, 5.41) is 93.4. The van der Waals surface area contributed by atoms with E-state index in [2.05, 4.69) is 10.6 Å². The number of aliphatic carboxylic acids is 1. The number of nitrogens with one attached hydrogen (secondary N) is 2. The predicted octanol–water partition coefficient (Wildman–Crippen LogP) is -6.93. The summed E-state index contributed by atoms with van der Waals surface area (Å²) in [5.74, 6) is -6.80. The molecule has 2 rings (SSSR count). The average Bonchev–Trinajstić information content (AvgIpc) is 2.83. The lowest BCUT2D eigenvalue weighted by atomic mass is 9.88. The lowest BCUT2D eigenvalue weighted by Gasteiger charge is -2.49. The molecule has 11 N–H and O–H groups in total. The Balaban J connectivity index is 2.50. The molecule has 11 atom stereocenters. The molecule has 2 saturated heterocycles. The second-order valence-corrected chi connectivity index (χ2v) is 8.48.